The van der Waals surface area contributed by atoms with E-state index in [1.165, 1.54) is 6.33 Å². The molecule has 0 fully saturated rings. The van der Waals surface area contributed by atoms with Gasteiger partial charge in [-0.2, -0.15) is 0 Å². The van der Waals surface area contributed by atoms with Gasteiger partial charge < -0.3 is 5.32 Å². The van der Waals surface area contributed by atoms with Gasteiger partial charge in [0.2, 0.25) is 0 Å². The smallest absolute Gasteiger partial charge is 0.183 e. The molecule has 0 radical (unpaired) electrons. The first-order valence-corrected chi connectivity index (χ1v) is 5.48. The van der Waals surface area contributed by atoms with Crippen molar-refractivity contribution in [1.82, 2.24) is 29.9 Å². The monoisotopic (exact) mass is 241 g/mol. The summed E-state index contributed by atoms with van der Waals surface area (Å²) in [5, 5.41) is 11.2. The second kappa shape index (κ2) is 4.36. The summed E-state index contributed by atoms with van der Waals surface area (Å²) >= 11 is 0. The van der Waals surface area contributed by atoms with Gasteiger partial charge in [0.15, 0.2) is 17.0 Å². The maximum Gasteiger partial charge on any atom is 0.183 e. The van der Waals surface area contributed by atoms with Crippen molar-refractivity contribution in [3.05, 3.63) is 36.4 Å². The zero-order chi connectivity index (χ0) is 12.4. The van der Waals surface area contributed by atoms with Crippen molar-refractivity contribution >= 4 is 17.0 Å². The predicted molar refractivity (Wildman–Crippen MR) is 65.7 cm³/mol. The van der Waals surface area contributed by atoms with Crippen LogP contribution in [0.5, 0.6) is 0 Å². The van der Waals surface area contributed by atoms with E-state index in [1.807, 2.05) is 12.1 Å². The maximum atomic E-state index is 4.18. The first-order chi connectivity index (χ1) is 8.84. The minimum Gasteiger partial charge on any atom is -0.364 e. The Kier molecular flexibility index (Phi) is 2.56. The van der Waals surface area contributed by atoms with Crippen LogP contribution < -0.4 is 5.32 Å². The lowest BCUT2D eigenvalue weighted by atomic mass is 10.3. The molecule has 0 spiro atoms. The number of anilines is 1. The lowest BCUT2D eigenvalue weighted by molar-refractivity contribution is 0.729. The molecule has 3 aromatic heterocycles. The van der Waals surface area contributed by atoms with Gasteiger partial charge in [-0.05, 0) is 17.7 Å². The fourth-order valence-corrected chi connectivity index (χ4v) is 1.67. The third-order valence-electron chi connectivity index (χ3n) is 2.60. The van der Waals surface area contributed by atoms with Crippen molar-refractivity contribution in [2.45, 2.75) is 6.54 Å². The molecule has 3 rings (SSSR count). The van der Waals surface area contributed by atoms with E-state index in [9.17, 15) is 0 Å². The minimum absolute atomic E-state index is 0.658. The summed E-state index contributed by atoms with van der Waals surface area (Å²) in [6, 6.07) is 3.89. The van der Waals surface area contributed by atoms with E-state index < -0.39 is 0 Å². The molecule has 3 heterocycles. The molecule has 0 atom stereocenters. The lowest BCUT2D eigenvalue weighted by Crippen LogP contribution is -2.03. The molecule has 0 aliphatic heterocycles. The molecular formula is C11H11N7. The van der Waals surface area contributed by atoms with Crippen molar-refractivity contribution in [1.29, 1.82) is 0 Å². The van der Waals surface area contributed by atoms with Gasteiger partial charge in [-0.1, -0.05) is 5.21 Å². The van der Waals surface area contributed by atoms with Crippen molar-refractivity contribution in [3.63, 3.8) is 0 Å². The molecule has 0 aromatic carbocycles. The molecule has 90 valence electrons. The van der Waals surface area contributed by atoms with Crippen LogP contribution in [-0.2, 0) is 13.6 Å². The van der Waals surface area contributed by atoms with Crippen LogP contribution in [0.3, 0.4) is 0 Å². The molecule has 0 aliphatic rings. The topological polar surface area (TPSA) is 81.4 Å². The molecule has 0 amide bonds. The first-order valence-electron chi connectivity index (χ1n) is 5.48. The average Bonchev–Trinajstić information content (AvgIpc) is 2.80. The molecule has 7 heteroatoms. The van der Waals surface area contributed by atoms with Gasteiger partial charge in [0.1, 0.15) is 6.33 Å². The number of pyridine rings is 1. The Labute approximate surface area is 103 Å². The Bertz CT molecular complexity index is 661. The van der Waals surface area contributed by atoms with Crippen molar-refractivity contribution in [3.8, 4) is 0 Å². The zero-order valence-electron chi connectivity index (χ0n) is 9.78. The molecule has 7 nitrogen and oxygen atoms in total. The van der Waals surface area contributed by atoms with Gasteiger partial charge >= 0.3 is 0 Å². The number of hydrogen-bond donors (Lipinski definition) is 1. The van der Waals surface area contributed by atoms with Crippen LogP contribution in [-0.4, -0.2) is 29.9 Å². The van der Waals surface area contributed by atoms with Crippen LogP contribution in [0.1, 0.15) is 5.56 Å². The second-order valence-corrected chi connectivity index (χ2v) is 3.82. The number of rotatable bonds is 3. The summed E-state index contributed by atoms with van der Waals surface area (Å²) in [4.78, 5) is 12.3. The second-order valence-electron chi connectivity index (χ2n) is 3.82. The highest BCUT2D eigenvalue weighted by molar-refractivity contribution is 5.81. The largest absolute Gasteiger partial charge is 0.364 e. The minimum atomic E-state index is 0.658. The van der Waals surface area contributed by atoms with Crippen LogP contribution in [0.25, 0.3) is 11.2 Å². The van der Waals surface area contributed by atoms with Gasteiger partial charge in [0.05, 0.1) is 0 Å². The highest BCUT2D eigenvalue weighted by atomic mass is 15.4. The fourth-order valence-electron chi connectivity index (χ4n) is 1.67. The summed E-state index contributed by atoms with van der Waals surface area (Å²) in [5.41, 5.74) is 2.51. The van der Waals surface area contributed by atoms with E-state index in [0.29, 0.717) is 23.5 Å². The molecule has 0 aliphatic carbocycles. The first kappa shape index (κ1) is 10.6. The van der Waals surface area contributed by atoms with Crippen LogP contribution in [0.15, 0.2) is 30.9 Å². The van der Waals surface area contributed by atoms with Gasteiger partial charge in [-0.25, -0.2) is 14.6 Å². The van der Waals surface area contributed by atoms with Crippen LogP contribution in [0, 0.1) is 0 Å². The Morgan fingerprint density at radius 1 is 1.22 bits per heavy atom. The maximum absolute atomic E-state index is 4.18. The zero-order valence-corrected chi connectivity index (χ0v) is 9.78. The SMILES string of the molecule is Cn1nnc2c(NCc3ccncc3)ncnc21. The van der Waals surface area contributed by atoms with Crippen molar-refractivity contribution < 1.29 is 0 Å². The molecule has 0 unspecified atom stereocenters. The lowest BCUT2D eigenvalue weighted by Gasteiger charge is -2.04. The summed E-state index contributed by atoms with van der Waals surface area (Å²) in [6.07, 6.45) is 5.02. The number of nitrogens with one attached hydrogen (secondary N) is 1. The molecule has 0 saturated heterocycles. The number of aryl methyl sites for hydroxylation is 1. The van der Waals surface area contributed by atoms with Crippen molar-refractivity contribution in [2.24, 2.45) is 7.05 Å². The summed E-state index contributed by atoms with van der Waals surface area (Å²) < 4.78 is 1.62. The Morgan fingerprint density at radius 2 is 2.06 bits per heavy atom. The summed E-state index contributed by atoms with van der Waals surface area (Å²) in [6.45, 7) is 0.658. The Morgan fingerprint density at radius 3 is 2.89 bits per heavy atom. The van der Waals surface area contributed by atoms with Crippen LogP contribution in [0.4, 0.5) is 5.82 Å². The predicted octanol–water partition coefficient (Wildman–Crippen LogP) is 0.765. The standard InChI is InChI=1S/C11H11N7/c1-18-11-9(16-17-18)10(14-7-15-11)13-6-8-2-4-12-5-3-8/h2-5,7H,6H2,1H3,(H,13,14,15). The average molecular weight is 241 g/mol. The quantitative estimate of drug-likeness (QED) is 0.729. The third kappa shape index (κ3) is 1.86. The number of aromatic nitrogens is 6. The summed E-state index contributed by atoms with van der Waals surface area (Å²) in [5.74, 6) is 0.685. The van der Waals surface area contributed by atoms with E-state index in [-0.39, 0.29) is 0 Å². The van der Waals surface area contributed by atoms with Crippen molar-refractivity contribution in [2.75, 3.05) is 5.32 Å². The van der Waals surface area contributed by atoms with Crippen LogP contribution >= 0.6 is 0 Å². The highest BCUT2D eigenvalue weighted by Gasteiger charge is 2.08. The number of fused-ring (bicyclic) bond motifs is 1. The van der Waals surface area contributed by atoms with Crippen LogP contribution in [0.2, 0.25) is 0 Å². The van der Waals surface area contributed by atoms with E-state index >= 15 is 0 Å². The Balaban J connectivity index is 1.87. The molecule has 3 aromatic rings. The molecular weight excluding hydrogens is 230 g/mol. The molecule has 1 N–H and O–H groups in total. The Hall–Kier alpha value is -2.57. The highest BCUT2D eigenvalue weighted by Crippen LogP contribution is 2.15. The van der Waals surface area contributed by atoms with Gasteiger partial charge in [0, 0.05) is 26.0 Å². The fraction of sp³-hybridized carbons (Fsp3) is 0.182. The van der Waals surface area contributed by atoms with E-state index in [0.717, 1.165) is 5.56 Å². The van der Waals surface area contributed by atoms with Gasteiger partial charge in [-0.3, -0.25) is 4.98 Å². The van der Waals surface area contributed by atoms with Gasteiger partial charge in [-0.15, -0.1) is 5.10 Å². The molecule has 0 bridgehead atoms. The number of hydrogen-bond acceptors (Lipinski definition) is 6. The van der Waals surface area contributed by atoms with Gasteiger partial charge in [0.25, 0.3) is 0 Å². The summed E-state index contributed by atoms with van der Waals surface area (Å²) in [7, 11) is 1.80. The van der Waals surface area contributed by atoms with E-state index in [1.54, 1.807) is 24.1 Å². The third-order valence-corrected chi connectivity index (χ3v) is 2.60. The van der Waals surface area contributed by atoms with E-state index in [4.69, 9.17) is 0 Å². The number of nitrogens with zero attached hydrogens (tertiary/aromatic N) is 6. The molecule has 0 saturated carbocycles. The van der Waals surface area contributed by atoms with E-state index in [2.05, 4.69) is 30.6 Å². The normalized spacial score (nSPS) is 10.7. The molecule has 18 heavy (non-hydrogen) atoms.